The summed E-state index contributed by atoms with van der Waals surface area (Å²) in [5.41, 5.74) is 1.43. The molecule has 1 heterocycles. The highest BCUT2D eigenvalue weighted by atomic mass is 32.2. The third kappa shape index (κ3) is 3.93. The van der Waals surface area contributed by atoms with E-state index in [-0.39, 0.29) is 5.91 Å². The van der Waals surface area contributed by atoms with Gasteiger partial charge in [-0.15, -0.1) is 0 Å². The second-order valence-electron chi connectivity index (χ2n) is 5.90. The second kappa shape index (κ2) is 7.93. The number of nitrogens with one attached hydrogen (secondary N) is 2. The molecule has 0 spiro atoms. The molecule has 0 atom stereocenters. The zero-order valence-corrected chi connectivity index (χ0v) is 15.2. The van der Waals surface area contributed by atoms with Crippen LogP contribution in [0.15, 0.2) is 96.0 Å². The van der Waals surface area contributed by atoms with Crippen molar-refractivity contribution >= 4 is 40.1 Å². The normalized spacial score (nSPS) is 10.5. The highest BCUT2D eigenvalue weighted by molar-refractivity contribution is 8.00. The van der Waals surface area contributed by atoms with Gasteiger partial charge in [0.05, 0.1) is 0 Å². The van der Waals surface area contributed by atoms with Crippen LogP contribution in [0, 0.1) is 0 Å². The molecule has 4 nitrogen and oxygen atoms in total. The number of rotatable bonds is 5. The summed E-state index contributed by atoms with van der Waals surface area (Å²) in [7, 11) is 0. The summed E-state index contributed by atoms with van der Waals surface area (Å²) in [6.45, 7) is 0. The van der Waals surface area contributed by atoms with Gasteiger partial charge in [-0.1, -0.05) is 48.5 Å². The molecule has 3 aromatic carbocycles. The van der Waals surface area contributed by atoms with Crippen molar-refractivity contribution in [3.63, 3.8) is 0 Å². The van der Waals surface area contributed by atoms with Crippen molar-refractivity contribution in [2.24, 2.45) is 0 Å². The molecule has 0 aliphatic carbocycles. The molecule has 0 aliphatic rings. The summed E-state index contributed by atoms with van der Waals surface area (Å²) in [4.78, 5) is 17.9. The maximum Gasteiger partial charge on any atom is 0.255 e. The van der Waals surface area contributed by atoms with Crippen LogP contribution in [0.3, 0.4) is 0 Å². The van der Waals surface area contributed by atoms with Crippen molar-refractivity contribution in [1.29, 1.82) is 0 Å². The lowest BCUT2D eigenvalue weighted by Gasteiger charge is -2.12. The Morgan fingerprint density at radius 3 is 2.30 bits per heavy atom. The average molecular weight is 371 g/mol. The molecule has 0 bridgehead atoms. The van der Waals surface area contributed by atoms with Crippen molar-refractivity contribution in [3.8, 4) is 0 Å². The van der Waals surface area contributed by atoms with Crippen LogP contribution in [-0.4, -0.2) is 10.9 Å². The van der Waals surface area contributed by atoms with Gasteiger partial charge >= 0.3 is 0 Å². The quantitative estimate of drug-likeness (QED) is 0.448. The number of hydrogen-bond acceptors (Lipinski definition) is 4. The monoisotopic (exact) mass is 371 g/mol. The van der Waals surface area contributed by atoms with E-state index in [0.717, 1.165) is 27.2 Å². The molecule has 0 aliphatic heterocycles. The van der Waals surface area contributed by atoms with Gasteiger partial charge < -0.3 is 10.0 Å². The lowest BCUT2D eigenvalue weighted by molar-refractivity contribution is 0.102. The van der Waals surface area contributed by atoms with Gasteiger partial charge in [-0.2, -0.15) is 0 Å². The van der Waals surface area contributed by atoms with E-state index in [9.17, 15) is 4.79 Å². The Morgan fingerprint density at radius 2 is 1.52 bits per heavy atom. The molecule has 0 fully saturated rings. The number of hydrogen-bond donors (Lipinski definition) is 2. The molecule has 4 aromatic rings. The second-order valence-corrected chi connectivity index (χ2v) is 6.74. The average Bonchev–Trinajstić information content (AvgIpc) is 2.74. The Morgan fingerprint density at radius 1 is 0.778 bits per heavy atom. The van der Waals surface area contributed by atoms with Crippen LogP contribution in [-0.2, 0) is 0 Å². The third-order valence-corrected chi connectivity index (χ3v) is 4.99. The molecule has 1 aromatic heterocycles. The predicted octanol–water partition coefficient (Wildman–Crippen LogP) is 5.61. The predicted molar refractivity (Wildman–Crippen MR) is 112 cm³/mol. The Kier molecular flexibility index (Phi) is 5.03. The molecular weight excluding hydrogens is 354 g/mol. The van der Waals surface area contributed by atoms with Gasteiger partial charge in [0, 0.05) is 27.7 Å². The van der Waals surface area contributed by atoms with Crippen LogP contribution in [0.25, 0.3) is 10.8 Å². The number of fused-ring (bicyclic) bond motifs is 1. The summed E-state index contributed by atoms with van der Waals surface area (Å²) in [6.07, 6.45) is 1.75. The molecule has 4 rings (SSSR count). The van der Waals surface area contributed by atoms with Crippen molar-refractivity contribution < 1.29 is 4.79 Å². The number of amides is 1. The highest BCUT2D eigenvalue weighted by Crippen LogP contribution is 2.33. The van der Waals surface area contributed by atoms with Gasteiger partial charge in [-0.3, -0.25) is 4.79 Å². The minimum Gasteiger partial charge on any atom is -0.321 e. The fourth-order valence-electron chi connectivity index (χ4n) is 2.78. The number of nitrogens with zero attached hydrogens (tertiary/aromatic N) is 1. The Labute approximate surface area is 161 Å². The molecule has 2 N–H and O–H groups in total. The maximum atomic E-state index is 12.5. The number of carbonyl (C=O) groups excluding carboxylic acids is 1. The number of carbonyl (C=O) groups is 1. The number of aromatic nitrogens is 1. The van der Waals surface area contributed by atoms with E-state index in [4.69, 9.17) is 0 Å². The van der Waals surface area contributed by atoms with E-state index in [1.54, 1.807) is 18.3 Å². The summed E-state index contributed by atoms with van der Waals surface area (Å²) < 4.78 is 3.26. The standard InChI is InChI=1S/C22H17N3OS/c26-22(16-8-2-1-3-9-16)24-19-13-14-20(18-11-5-4-10-17(18)19)27-25-21-12-6-7-15-23-21/h1-15H,(H,23,25)(H,24,26). The zero-order valence-electron chi connectivity index (χ0n) is 14.4. The van der Waals surface area contributed by atoms with Gasteiger partial charge in [-0.25, -0.2) is 4.98 Å². The lowest BCUT2D eigenvalue weighted by atomic mass is 10.1. The van der Waals surface area contributed by atoms with Gasteiger partial charge in [0.2, 0.25) is 0 Å². The Bertz CT molecular complexity index is 1070. The number of pyridine rings is 1. The van der Waals surface area contributed by atoms with Crippen molar-refractivity contribution in [2.45, 2.75) is 4.90 Å². The fourth-order valence-corrected chi connectivity index (χ4v) is 3.54. The first kappa shape index (κ1) is 17.1. The first-order valence-electron chi connectivity index (χ1n) is 8.53. The van der Waals surface area contributed by atoms with E-state index >= 15 is 0 Å². The van der Waals surface area contributed by atoms with Crippen molar-refractivity contribution in [1.82, 2.24) is 4.98 Å². The van der Waals surface area contributed by atoms with Crippen molar-refractivity contribution in [3.05, 3.63) is 96.7 Å². The van der Waals surface area contributed by atoms with E-state index in [2.05, 4.69) is 21.1 Å². The van der Waals surface area contributed by atoms with Crippen LogP contribution >= 0.6 is 11.9 Å². The molecule has 5 heteroatoms. The molecule has 0 radical (unpaired) electrons. The van der Waals surface area contributed by atoms with Crippen molar-refractivity contribution in [2.75, 3.05) is 10.0 Å². The maximum absolute atomic E-state index is 12.5. The van der Waals surface area contributed by atoms with Gasteiger partial charge in [0.1, 0.15) is 5.82 Å². The number of benzene rings is 3. The first-order valence-corrected chi connectivity index (χ1v) is 9.35. The molecule has 0 saturated heterocycles. The van der Waals surface area contributed by atoms with Gasteiger partial charge in [0.15, 0.2) is 0 Å². The van der Waals surface area contributed by atoms with E-state index in [0.29, 0.717) is 5.56 Å². The van der Waals surface area contributed by atoms with E-state index in [1.165, 1.54) is 11.9 Å². The van der Waals surface area contributed by atoms with E-state index in [1.807, 2.05) is 66.7 Å². The summed E-state index contributed by atoms with van der Waals surface area (Å²) >= 11 is 1.50. The smallest absolute Gasteiger partial charge is 0.255 e. The number of anilines is 2. The minimum absolute atomic E-state index is 0.118. The molecule has 0 unspecified atom stereocenters. The largest absolute Gasteiger partial charge is 0.321 e. The summed E-state index contributed by atoms with van der Waals surface area (Å²) in [5.74, 6) is 0.681. The van der Waals surface area contributed by atoms with Gasteiger partial charge in [-0.05, 0) is 53.7 Å². The third-order valence-electron chi connectivity index (χ3n) is 4.10. The fraction of sp³-hybridized carbons (Fsp3) is 0. The van der Waals surface area contributed by atoms with Crippen LogP contribution in [0.1, 0.15) is 10.4 Å². The lowest BCUT2D eigenvalue weighted by Crippen LogP contribution is -2.12. The Hall–Kier alpha value is -3.31. The molecule has 132 valence electrons. The SMILES string of the molecule is O=C(Nc1ccc(SNc2ccccn2)c2ccccc12)c1ccccc1. The molecule has 0 saturated carbocycles. The highest BCUT2D eigenvalue weighted by Gasteiger charge is 2.10. The molecule has 27 heavy (non-hydrogen) atoms. The summed E-state index contributed by atoms with van der Waals surface area (Å²) in [6, 6.07) is 26.9. The van der Waals surface area contributed by atoms with Crippen LogP contribution < -0.4 is 10.0 Å². The first-order chi connectivity index (χ1) is 13.3. The van der Waals surface area contributed by atoms with E-state index < -0.39 is 0 Å². The van der Waals surface area contributed by atoms with Crippen LogP contribution in [0.2, 0.25) is 0 Å². The minimum atomic E-state index is -0.118. The summed E-state index contributed by atoms with van der Waals surface area (Å²) in [5, 5.41) is 5.08. The molecule has 1 amide bonds. The van der Waals surface area contributed by atoms with Crippen LogP contribution in [0.5, 0.6) is 0 Å². The van der Waals surface area contributed by atoms with Gasteiger partial charge in [0.25, 0.3) is 5.91 Å². The topological polar surface area (TPSA) is 54.0 Å². The Balaban J connectivity index is 1.61. The molecular formula is C22H17N3OS. The zero-order chi connectivity index (χ0) is 18.5. The van der Waals surface area contributed by atoms with Crippen LogP contribution in [0.4, 0.5) is 11.5 Å².